The zero-order valence-corrected chi connectivity index (χ0v) is 8.23. The van der Waals surface area contributed by atoms with Gasteiger partial charge < -0.3 is 10.4 Å². The van der Waals surface area contributed by atoms with Crippen LogP contribution in [0.2, 0.25) is 4.34 Å². The molecule has 5 nitrogen and oxygen atoms in total. The van der Waals surface area contributed by atoms with Gasteiger partial charge in [0.15, 0.2) is 0 Å². The second kappa shape index (κ2) is 5.11. The number of rotatable bonds is 5. The number of carboxylic acid groups (broad SMARTS) is 1. The standard InChI is InChI=1S/C6H8ClN3O2S/c7-6-4(9-10-13-6)3-8-2-1-5(11)12/h8H,1-3H2,(H,11,12). The summed E-state index contributed by atoms with van der Waals surface area (Å²) >= 11 is 6.84. The Bertz CT molecular complexity index is 291. The SMILES string of the molecule is O=C(O)CCNCc1nnsc1Cl. The van der Waals surface area contributed by atoms with Gasteiger partial charge in [-0.05, 0) is 0 Å². The highest BCUT2D eigenvalue weighted by Crippen LogP contribution is 2.16. The molecule has 0 spiro atoms. The minimum atomic E-state index is -0.824. The van der Waals surface area contributed by atoms with E-state index >= 15 is 0 Å². The van der Waals surface area contributed by atoms with E-state index in [1.807, 2.05) is 0 Å². The molecule has 2 N–H and O–H groups in total. The number of halogens is 1. The molecule has 0 radical (unpaired) electrons. The van der Waals surface area contributed by atoms with E-state index in [2.05, 4.69) is 14.9 Å². The van der Waals surface area contributed by atoms with Crippen molar-refractivity contribution in [3.63, 3.8) is 0 Å². The Hall–Kier alpha value is -0.720. The number of carboxylic acids is 1. The predicted octanol–water partition coefficient (Wildman–Crippen LogP) is 0.756. The lowest BCUT2D eigenvalue weighted by Crippen LogP contribution is -2.17. The maximum atomic E-state index is 10.1. The Morgan fingerprint density at radius 1 is 1.69 bits per heavy atom. The van der Waals surface area contributed by atoms with Crippen LogP contribution in [0.4, 0.5) is 0 Å². The Morgan fingerprint density at radius 2 is 2.46 bits per heavy atom. The first-order chi connectivity index (χ1) is 6.20. The summed E-state index contributed by atoms with van der Waals surface area (Å²) in [6.45, 7) is 0.867. The lowest BCUT2D eigenvalue weighted by molar-refractivity contribution is -0.136. The van der Waals surface area contributed by atoms with Gasteiger partial charge in [0.2, 0.25) is 0 Å². The zero-order valence-electron chi connectivity index (χ0n) is 6.66. The molecule has 1 aromatic heterocycles. The van der Waals surface area contributed by atoms with Crippen molar-refractivity contribution >= 4 is 29.1 Å². The Labute approximate surface area is 83.9 Å². The molecular weight excluding hydrogens is 214 g/mol. The van der Waals surface area contributed by atoms with Crippen LogP contribution in [-0.2, 0) is 11.3 Å². The van der Waals surface area contributed by atoms with Crippen LogP contribution in [0.15, 0.2) is 0 Å². The topological polar surface area (TPSA) is 75.1 Å². The zero-order chi connectivity index (χ0) is 9.68. The van der Waals surface area contributed by atoms with Gasteiger partial charge in [-0.1, -0.05) is 16.1 Å². The van der Waals surface area contributed by atoms with E-state index in [1.165, 1.54) is 0 Å². The highest BCUT2D eigenvalue weighted by atomic mass is 35.5. The van der Waals surface area contributed by atoms with E-state index in [0.717, 1.165) is 11.5 Å². The third-order valence-electron chi connectivity index (χ3n) is 1.32. The third kappa shape index (κ3) is 3.67. The fourth-order valence-corrected chi connectivity index (χ4v) is 1.33. The third-order valence-corrected chi connectivity index (χ3v) is 2.30. The minimum absolute atomic E-state index is 0.0924. The van der Waals surface area contributed by atoms with Crippen molar-refractivity contribution in [1.29, 1.82) is 0 Å². The first-order valence-corrected chi connectivity index (χ1v) is 4.74. The summed E-state index contributed by atoms with van der Waals surface area (Å²) in [5, 5.41) is 15.0. The van der Waals surface area contributed by atoms with Crippen LogP contribution in [0.1, 0.15) is 12.1 Å². The van der Waals surface area contributed by atoms with Gasteiger partial charge in [0.25, 0.3) is 0 Å². The average Bonchev–Trinajstić information content (AvgIpc) is 2.45. The van der Waals surface area contributed by atoms with Crippen molar-refractivity contribution in [2.75, 3.05) is 6.54 Å². The number of nitrogens with one attached hydrogen (secondary N) is 1. The molecule has 0 bridgehead atoms. The first kappa shape index (κ1) is 10.4. The van der Waals surface area contributed by atoms with Crippen LogP contribution in [0, 0.1) is 0 Å². The monoisotopic (exact) mass is 221 g/mol. The summed E-state index contributed by atoms with van der Waals surface area (Å²) < 4.78 is 4.18. The summed E-state index contributed by atoms with van der Waals surface area (Å²) in [5.74, 6) is -0.824. The molecule has 0 atom stereocenters. The van der Waals surface area contributed by atoms with Gasteiger partial charge in [0.05, 0.1) is 6.42 Å². The second-order valence-corrected chi connectivity index (χ2v) is 3.67. The van der Waals surface area contributed by atoms with Gasteiger partial charge in [-0.2, -0.15) is 0 Å². The molecule has 0 saturated carbocycles. The second-order valence-electron chi connectivity index (χ2n) is 2.31. The van der Waals surface area contributed by atoms with Crippen LogP contribution in [-0.4, -0.2) is 27.2 Å². The molecule has 1 rings (SSSR count). The maximum Gasteiger partial charge on any atom is 0.304 e. The molecule has 1 heterocycles. The van der Waals surface area contributed by atoms with E-state index in [-0.39, 0.29) is 6.42 Å². The lowest BCUT2D eigenvalue weighted by Gasteiger charge is -1.98. The quantitative estimate of drug-likeness (QED) is 0.718. The van der Waals surface area contributed by atoms with Crippen molar-refractivity contribution in [3.05, 3.63) is 10.0 Å². The van der Waals surface area contributed by atoms with E-state index < -0.39 is 5.97 Å². The van der Waals surface area contributed by atoms with E-state index in [4.69, 9.17) is 16.7 Å². The Morgan fingerprint density at radius 3 is 3.00 bits per heavy atom. The smallest absolute Gasteiger partial charge is 0.304 e. The van der Waals surface area contributed by atoms with Crippen LogP contribution in [0.5, 0.6) is 0 Å². The largest absolute Gasteiger partial charge is 0.481 e. The predicted molar refractivity (Wildman–Crippen MR) is 48.9 cm³/mol. The van der Waals surface area contributed by atoms with Crippen molar-refractivity contribution in [3.8, 4) is 0 Å². The van der Waals surface area contributed by atoms with Crippen LogP contribution in [0.25, 0.3) is 0 Å². The number of nitrogens with zero attached hydrogens (tertiary/aromatic N) is 2. The minimum Gasteiger partial charge on any atom is -0.481 e. The van der Waals surface area contributed by atoms with Gasteiger partial charge in [-0.15, -0.1) is 5.10 Å². The highest BCUT2D eigenvalue weighted by Gasteiger charge is 2.04. The van der Waals surface area contributed by atoms with Crippen LogP contribution < -0.4 is 5.32 Å². The molecule has 0 fully saturated rings. The van der Waals surface area contributed by atoms with Gasteiger partial charge in [-0.25, -0.2) is 0 Å². The Balaban J connectivity index is 2.20. The Kier molecular flexibility index (Phi) is 4.07. The molecule has 0 amide bonds. The van der Waals surface area contributed by atoms with E-state index in [9.17, 15) is 4.79 Å². The number of aromatic nitrogens is 2. The van der Waals surface area contributed by atoms with Crippen molar-refractivity contribution in [2.45, 2.75) is 13.0 Å². The number of hydrogen-bond acceptors (Lipinski definition) is 5. The summed E-state index contributed by atoms with van der Waals surface area (Å²) in [4.78, 5) is 10.1. The van der Waals surface area contributed by atoms with Gasteiger partial charge >= 0.3 is 5.97 Å². The number of hydrogen-bond donors (Lipinski definition) is 2. The molecule has 0 saturated heterocycles. The number of aliphatic carboxylic acids is 1. The number of carbonyl (C=O) groups is 1. The average molecular weight is 222 g/mol. The molecule has 72 valence electrons. The van der Waals surface area contributed by atoms with Crippen LogP contribution >= 0.6 is 23.1 Å². The summed E-state index contributed by atoms with van der Waals surface area (Å²) in [6.07, 6.45) is 0.0924. The molecule has 0 unspecified atom stereocenters. The maximum absolute atomic E-state index is 10.1. The van der Waals surface area contributed by atoms with Crippen molar-refractivity contribution in [1.82, 2.24) is 14.9 Å². The summed E-state index contributed by atoms with van der Waals surface area (Å²) in [7, 11) is 0. The molecule has 13 heavy (non-hydrogen) atoms. The summed E-state index contributed by atoms with van der Waals surface area (Å²) in [5.41, 5.74) is 0.664. The molecule has 1 aromatic rings. The van der Waals surface area contributed by atoms with Crippen molar-refractivity contribution in [2.24, 2.45) is 0 Å². The molecular formula is C6H8ClN3O2S. The lowest BCUT2D eigenvalue weighted by atomic mass is 10.4. The molecule has 0 aliphatic carbocycles. The summed E-state index contributed by atoms with van der Waals surface area (Å²) in [6, 6.07) is 0. The van der Waals surface area contributed by atoms with E-state index in [0.29, 0.717) is 23.1 Å². The molecule has 0 aliphatic rings. The molecule has 0 aromatic carbocycles. The molecule has 0 aliphatic heterocycles. The van der Waals surface area contributed by atoms with Crippen LogP contribution in [0.3, 0.4) is 0 Å². The molecule has 7 heteroatoms. The normalized spacial score (nSPS) is 10.2. The highest BCUT2D eigenvalue weighted by molar-refractivity contribution is 7.10. The van der Waals surface area contributed by atoms with Gasteiger partial charge in [0, 0.05) is 24.6 Å². The van der Waals surface area contributed by atoms with Gasteiger partial charge in [-0.3, -0.25) is 4.79 Å². The fraction of sp³-hybridized carbons (Fsp3) is 0.500. The van der Waals surface area contributed by atoms with Crippen molar-refractivity contribution < 1.29 is 9.90 Å². The van der Waals surface area contributed by atoms with E-state index in [1.54, 1.807) is 0 Å². The fourth-order valence-electron chi connectivity index (χ4n) is 0.704. The van der Waals surface area contributed by atoms with Gasteiger partial charge in [0.1, 0.15) is 10.0 Å². The first-order valence-electron chi connectivity index (χ1n) is 3.59.